The van der Waals surface area contributed by atoms with Crippen molar-refractivity contribution in [3.05, 3.63) is 41.7 Å². The molecule has 0 aliphatic carbocycles. The Morgan fingerprint density at radius 2 is 1.92 bits per heavy atom. The lowest BCUT2D eigenvalue weighted by Gasteiger charge is -2.06. The van der Waals surface area contributed by atoms with E-state index in [9.17, 15) is 8.42 Å². The van der Waals surface area contributed by atoms with Crippen molar-refractivity contribution in [3.63, 3.8) is 0 Å². The van der Waals surface area contributed by atoms with Crippen LogP contribution in [0.3, 0.4) is 0 Å². The first-order chi connectivity index (χ1) is 11.4. The monoisotopic (exact) mass is 346 g/mol. The zero-order valence-electron chi connectivity index (χ0n) is 13.6. The number of nitrogens with two attached hydrogens (primary N) is 1. The second-order valence-corrected chi connectivity index (χ2v) is 7.25. The molecule has 0 aliphatic heterocycles. The number of hydrogen-bond donors (Lipinski definition) is 1. The van der Waals surface area contributed by atoms with Crippen LogP contribution >= 0.6 is 0 Å². The SMILES string of the molecule is CCc1nn2c(N)cc(C)nc2c1S(=O)(=O)c1ccc(OC)cc1. The highest BCUT2D eigenvalue weighted by Gasteiger charge is 2.28. The third-order valence-electron chi connectivity index (χ3n) is 3.74. The average Bonchev–Trinajstić information content (AvgIpc) is 2.94. The lowest BCUT2D eigenvalue weighted by atomic mass is 10.3. The van der Waals surface area contributed by atoms with E-state index in [-0.39, 0.29) is 15.4 Å². The Labute approximate surface area is 140 Å². The number of ether oxygens (including phenoxy) is 1. The van der Waals surface area contributed by atoms with Crippen LogP contribution in [-0.2, 0) is 16.3 Å². The van der Waals surface area contributed by atoms with Gasteiger partial charge in [0, 0.05) is 11.8 Å². The Hall–Kier alpha value is -2.61. The number of aryl methyl sites for hydroxylation is 2. The molecule has 8 heteroatoms. The van der Waals surface area contributed by atoms with Crippen molar-refractivity contribution < 1.29 is 13.2 Å². The molecular weight excluding hydrogens is 328 g/mol. The quantitative estimate of drug-likeness (QED) is 0.776. The Bertz CT molecular complexity index is 1010. The number of hydrogen-bond acceptors (Lipinski definition) is 6. The number of anilines is 1. The number of methoxy groups -OCH3 is 1. The van der Waals surface area contributed by atoms with Crippen molar-refractivity contribution in [2.45, 2.75) is 30.1 Å². The van der Waals surface area contributed by atoms with E-state index in [1.54, 1.807) is 25.1 Å². The summed E-state index contributed by atoms with van der Waals surface area (Å²) in [7, 11) is -2.25. The summed E-state index contributed by atoms with van der Waals surface area (Å²) in [5, 5.41) is 4.32. The number of aromatic nitrogens is 3. The molecule has 24 heavy (non-hydrogen) atoms. The van der Waals surface area contributed by atoms with Gasteiger partial charge in [-0.25, -0.2) is 13.4 Å². The molecule has 0 amide bonds. The van der Waals surface area contributed by atoms with Gasteiger partial charge in [0.05, 0.1) is 17.7 Å². The van der Waals surface area contributed by atoms with E-state index in [0.29, 0.717) is 29.4 Å². The van der Waals surface area contributed by atoms with Crippen LogP contribution in [0.5, 0.6) is 5.75 Å². The first-order valence-corrected chi connectivity index (χ1v) is 8.90. The van der Waals surface area contributed by atoms with Crippen LogP contribution in [0.4, 0.5) is 5.82 Å². The van der Waals surface area contributed by atoms with Crippen molar-refractivity contribution >= 4 is 21.3 Å². The fraction of sp³-hybridized carbons (Fsp3) is 0.250. The minimum atomic E-state index is -3.78. The van der Waals surface area contributed by atoms with Gasteiger partial charge in [0.15, 0.2) is 5.65 Å². The number of rotatable bonds is 4. The van der Waals surface area contributed by atoms with Crippen LogP contribution in [0.2, 0.25) is 0 Å². The van der Waals surface area contributed by atoms with Gasteiger partial charge in [-0.2, -0.15) is 9.61 Å². The van der Waals surface area contributed by atoms with Crippen LogP contribution in [0.25, 0.3) is 5.65 Å². The van der Waals surface area contributed by atoms with Crippen molar-refractivity contribution in [1.29, 1.82) is 0 Å². The summed E-state index contributed by atoms with van der Waals surface area (Å²) < 4.78 is 32.7. The maximum absolute atomic E-state index is 13.1. The van der Waals surface area contributed by atoms with Gasteiger partial charge < -0.3 is 10.5 Å². The topological polar surface area (TPSA) is 99.6 Å². The van der Waals surface area contributed by atoms with Crippen LogP contribution in [0.15, 0.2) is 40.1 Å². The summed E-state index contributed by atoms with van der Waals surface area (Å²) in [6, 6.07) is 7.89. The minimum Gasteiger partial charge on any atom is -0.497 e. The Kier molecular flexibility index (Phi) is 3.92. The molecule has 0 spiro atoms. The van der Waals surface area contributed by atoms with Gasteiger partial charge >= 0.3 is 0 Å². The van der Waals surface area contributed by atoms with E-state index in [0.717, 1.165) is 0 Å². The number of sulfone groups is 1. The third kappa shape index (κ3) is 2.48. The molecule has 126 valence electrons. The molecule has 0 unspecified atom stereocenters. The van der Waals surface area contributed by atoms with Crippen molar-refractivity contribution in [1.82, 2.24) is 14.6 Å². The summed E-state index contributed by atoms with van der Waals surface area (Å²) in [6.07, 6.45) is 0.451. The molecule has 0 radical (unpaired) electrons. The van der Waals surface area contributed by atoms with Gasteiger partial charge in [-0.15, -0.1) is 0 Å². The minimum absolute atomic E-state index is 0.102. The normalized spacial score (nSPS) is 11.8. The lowest BCUT2D eigenvalue weighted by Crippen LogP contribution is -2.06. The molecule has 0 bridgehead atoms. The van der Waals surface area contributed by atoms with E-state index in [1.807, 2.05) is 6.92 Å². The summed E-state index contributed by atoms with van der Waals surface area (Å²) >= 11 is 0. The number of nitrogens with zero attached hydrogens (tertiary/aromatic N) is 3. The summed E-state index contributed by atoms with van der Waals surface area (Å²) in [5.74, 6) is 0.936. The van der Waals surface area contributed by atoms with Crippen molar-refractivity contribution in [2.75, 3.05) is 12.8 Å². The Balaban J connectivity index is 2.30. The molecule has 0 saturated carbocycles. The molecule has 0 saturated heterocycles. The van der Waals surface area contributed by atoms with E-state index in [4.69, 9.17) is 10.5 Å². The van der Waals surface area contributed by atoms with Crippen LogP contribution in [0, 0.1) is 6.92 Å². The standard InChI is InChI=1S/C16H18N4O3S/c1-4-13-15(16-18-10(2)9-14(17)20(16)19-13)24(21,22)12-7-5-11(23-3)6-8-12/h5-9H,4,17H2,1-3H3. The second kappa shape index (κ2) is 5.79. The van der Waals surface area contributed by atoms with Gasteiger partial charge in [0.25, 0.3) is 0 Å². The van der Waals surface area contributed by atoms with Gasteiger partial charge in [-0.3, -0.25) is 0 Å². The third-order valence-corrected chi connectivity index (χ3v) is 5.59. The summed E-state index contributed by atoms with van der Waals surface area (Å²) in [5.41, 5.74) is 7.29. The summed E-state index contributed by atoms with van der Waals surface area (Å²) in [6.45, 7) is 3.61. The maximum atomic E-state index is 13.1. The number of benzene rings is 1. The van der Waals surface area contributed by atoms with Crippen LogP contribution in [0.1, 0.15) is 18.3 Å². The van der Waals surface area contributed by atoms with Gasteiger partial charge in [-0.1, -0.05) is 6.92 Å². The van der Waals surface area contributed by atoms with Crippen LogP contribution in [-0.4, -0.2) is 30.1 Å². The zero-order valence-corrected chi connectivity index (χ0v) is 14.5. The molecule has 1 aromatic carbocycles. The van der Waals surface area contributed by atoms with Gasteiger partial charge in [0.1, 0.15) is 16.5 Å². The molecule has 2 heterocycles. The predicted molar refractivity (Wildman–Crippen MR) is 90.0 cm³/mol. The number of nitrogen functional groups attached to an aromatic ring is 1. The highest BCUT2D eigenvalue weighted by Crippen LogP contribution is 2.29. The highest BCUT2D eigenvalue weighted by atomic mass is 32.2. The molecular formula is C16H18N4O3S. The van der Waals surface area contributed by atoms with Gasteiger partial charge in [-0.05, 0) is 37.6 Å². The molecule has 0 fully saturated rings. The second-order valence-electron chi connectivity index (χ2n) is 5.37. The first kappa shape index (κ1) is 16.3. The smallest absolute Gasteiger partial charge is 0.212 e. The van der Waals surface area contributed by atoms with Gasteiger partial charge in [0.2, 0.25) is 9.84 Å². The van der Waals surface area contributed by atoms with E-state index in [2.05, 4.69) is 10.1 Å². The van der Waals surface area contributed by atoms with E-state index < -0.39 is 9.84 Å². The number of fused-ring (bicyclic) bond motifs is 1. The molecule has 3 aromatic rings. The van der Waals surface area contributed by atoms with Crippen molar-refractivity contribution in [2.24, 2.45) is 0 Å². The van der Waals surface area contributed by atoms with Crippen LogP contribution < -0.4 is 10.5 Å². The summed E-state index contributed by atoms with van der Waals surface area (Å²) in [4.78, 5) is 4.61. The highest BCUT2D eigenvalue weighted by molar-refractivity contribution is 7.91. The largest absolute Gasteiger partial charge is 0.497 e. The molecule has 0 atom stereocenters. The molecule has 2 aromatic heterocycles. The molecule has 2 N–H and O–H groups in total. The van der Waals surface area contributed by atoms with Crippen molar-refractivity contribution in [3.8, 4) is 5.75 Å². The molecule has 0 aliphatic rings. The first-order valence-electron chi connectivity index (χ1n) is 7.42. The Morgan fingerprint density at radius 1 is 1.25 bits per heavy atom. The molecule has 7 nitrogen and oxygen atoms in total. The van der Waals surface area contributed by atoms with E-state index >= 15 is 0 Å². The fourth-order valence-electron chi connectivity index (χ4n) is 2.57. The average molecular weight is 346 g/mol. The predicted octanol–water partition coefficient (Wildman–Crippen LogP) is 2.02. The fourth-order valence-corrected chi connectivity index (χ4v) is 4.17. The zero-order chi connectivity index (χ0) is 17.5. The lowest BCUT2D eigenvalue weighted by molar-refractivity contribution is 0.414. The molecule has 3 rings (SSSR count). The maximum Gasteiger partial charge on any atom is 0.212 e. The Morgan fingerprint density at radius 3 is 2.50 bits per heavy atom. The van der Waals surface area contributed by atoms with E-state index in [1.165, 1.54) is 23.8 Å².